The molecule has 0 aliphatic rings. The lowest BCUT2D eigenvalue weighted by molar-refractivity contribution is -0.122. The quantitative estimate of drug-likeness (QED) is 0.507. The van der Waals surface area contributed by atoms with Crippen LogP contribution in [0.2, 0.25) is 0 Å². The summed E-state index contributed by atoms with van der Waals surface area (Å²) in [6.45, 7) is -0.0648. The number of hydrogen-bond acceptors (Lipinski definition) is 6. The van der Waals surface area contributed by atoms with Crippen LogP contribution in [-0.4, -0.2) is 42.8 Å². The van der Waals surface area contributed by atoms with E-state index in [4.69, 9.17) is 4.74 Å². The molecular formula is C21H21N7O2. The van der Waals surface area contributed by atoms with Crippen molar-refractivity contribution in [1.29, 1.82) is 0 Å². The maximum atomic E-state index is 12.8. The molecule has 2 aromatic heterocycles. The highest BCUT2D eigenvalue weighted by molar-refractivity contribution is 5.76. The first kappa shape index (κ1) is 19.3. The van der Waals surface area contributed by atoms with Crippen molar-refractivity contribution in [2.45, 2.75) is 12.6 Å². The lowest BCUT2D eigenvalue weighted by Gasteiger charge is -2.19. The summed E-state index contributed by atoms with van der Waals surface area (Å²) in [5.74, 6) is 1.61. The van der Waals surface area contributed by atoms with Crippen molar-refractivity contribution in [3.63, 3.8) is 0 Å². The fourth-order valence-electron chi connectivity index (χ4n) is 3.12. The number of methoxy groups -OCH3 is 1. The van der Waals surface area contributed by atoms with Gasteiger partial charge in [-0.2, -0.15) is 4.80 Å². The summed E-state index contributed by atoms with van der Waals surface area (Å²) in [6.07, 6.45) is 3.53. The molecule has 0 spiro atoms. The Morgan fingerprint density at radius 2 is 2.00 bits per heavy atom. The molecule has 9 nitrogen and oxygen atoms in total. The van der Waals surface area contributed by atoms with E-state index in [1.165, 1.54) is 4.80 Å². The highest BCUT2D eigenvalue weighted by Crippen LogP contribution is 2.24. The van der Waals surface area contributed by atoms with Crippen LogP contribution in [0.5, 0.6) is 5.75 Å². The second-order valence-electron chi connectivity index (χ2n) is 6.68. The largest absolute Gasteiger partial charge is 0.497 e. The summed E-state index contributed by atoms with van der Waals surface area (Å²) in [6, 6.07) is 16.6. The number of benzene rings is 2. The van der Waals surface area contributed by atoms with Crippen LogP contribution in [0.1, 0.15) is 17.4 Å². The number of hydrogen-bond donors (Lipinski definition) is 1. The van der Waals surface area contributed by atoms with E-state index < -0.39 is 6.04 Å². The Morgan fingerprint density at radius 1 is 1.17 bits per heavy atom. The number of amides is 1. The lowest BCUT2D eigenvalue weighted by Crippen LogP contribution is -2.34. The normalized spacial score (nSPS) is 11.8. The molecule has 1 unspecified atom stereocenters. The maximum absolute atomic E-state index is 12.8. The molecule has 9 heteroatoms. The number of aromatic nitrogens is 6. The SMILES string of the molecule is COc1cccc(C(NC(=O)Cn2nnc(-c3ccccc3)n2)c2nccn2C)c1. The molecule has 0 fully saturated rings. The average molecular weight is 403 g/mol. The highest BCUT2D eigenvalue weighted by atomic mass is 16.5. The molecule has 152 valence electrons. The van der Waals surface area contributed by atoms with Crippen molar-refractivity contribution in [2.24, 2.45) is 7.05 Å². The minimum atomic E-state index is -0.454. The van der Waals surface area contributed by atoms with E-state index >= 15 is 0 Å². The second-order valence-corrected chi connectivity index (χ2v) is 6.68. The molecule has 0 radical (unpaired) electrons. The van der Waals surface area contributed by atoms with Crippen LogP contribution >= 0.6 is 0 Å². The average Bonchev–Trinajstić information content (AvgIpc) is 3.41. The topological polar surface area (TPSA) is 99.8 Å². The van der Waals surface area contributed by atoms with Crippen molar-refractivity contribution < 1.29 is 9.53 Å². The minimum Gasteiger partial charge on any atom is -0.497 e. The van der Waals surface area contributed by atoms with E-state index in [0.717, 1.165) is 11.1 Å². The number of nitrogens with zero attached hydrogens (tertiary/aromatic N) is 6. The Bertz CT molecular complexity index is 1140. The summed E-state index contributed by atoms with van der Waals surface area (Å²) in [5.41, 5.74) is 1.69. The van der Waals surface area contributed by atoms with E-state index in [-0.39, 0.29) is 12.5 Å². The number of tetrazole rings is 1. The molecular weight excluding hydrogens is 382 g/mol. The lowest BCUT2D eigenvalue weighted by atomic mass is 10.1. The zero-order chi connectivity index (χ0) is 20.9. The van der Waals surface area contributed by atoms with Gasteiger partial charge in [0.15, 0.2) is 0 Å². The smallest absolute Gasteiger partial charge is 0.244 e. The molecule has 1 N–H and O–H groups in total. The van der Waals surface area contributed by atoms with Crippen molar-refractivity contribution in [2.75, 3.05) is 7.11 Å². The zero-order valence-electron chi connectivity index (χ0n) is 16.6. The third-order valence-corrected chi connectivity index (χ3v) is 4.62. The van der Waals surface area contributed by atoms with Gasteiger partial charge in [0.05, 0.1) is 7.11 Å². The van der Waals surface area contributed by atoms with Crippen LogP contribution in [0.4, 0.5) is 0 Å². The monoisotopic (exact) mass is 403 g/mol. The van der Waals surface area contributed by atoms with Crippen LogP contribution in [-0.2, 0) is 18.4 Å². The molecule has 2 aromatic carbocycles. The van der Waals surface area contributed by atoms with Gasteiger partial charge < -0.3 is 14.6 Å². The van der Waals surface area contributed by atoms with Gasteiger partial charge in [0.2, 0.25) is 11.7 Å². The Morgan fingerprint density at radius 3 is 2.73 bits per heavy atom. The molecule has 0 bridgehead atoms. The van der Waals surface area contributed by atoms with Crippen molar-refractivity contribution in [3.8, 4) is 17.1 Å². The summed E-state index contributed by atoms with van der Waals surface area (Å²) in [5, 5.41) is 15.3. The number of aryl methyl sites for hydroxylation is 1. The predicted octanol–water partition coefficient (Wildman–Crippen LogP) is 1.99. The first-order valence-corrected chi connectivity index (χ1v) is 9.38. The van der Waals surface area contributed by atoms with Crippen molar-refractivity contribution >= 4 is 5.91 Å². The first-order chi connectivity index (χ1) is 14.6. The molecule has 1 atom stereocenters. The first-order valence-electron chi connectivity index (χ1n) is 9.38. The van der Waals surface area contributed by atoms with Gasteiger partial charge in [0.25, 0.3) is 0 Å². The third-order valence-electron chi connectivity index (χ3n) is 4.62. The molecule has 4 rings (SSSR count). The van der Waals surface area contributed by atoms with Gasteiger partial charge in [-0.15, -0.1) is 10.2 Å². The van der Waals surface area contributed by atoms with Crippen LogP contribution in [0.3, 0.4) is 0 Å². The van der Waals surface area contributed by atoms with Gasteiger partial charge in [0.1, 0.15) is 24.2 Å². The highest BCUT2D eigenvalue weighted by Gasteiger charge is 2.22. The summed E-state index contributed by atoms with van der Waals surface area (Å²) in [4.78, 5) is 18.5. The van der Waals surface area contributed by atoms with Crippen LogP contribution < -0.4 is 10.1 Å². The zero-order valence-corrected chi connectivity index (χ0v) is 16.6. The fourth-order valence-corrected chi connectivity index (χ4v) is 3.12. The van der Waals surface area contributed by atoms with Gasteiger partial charge in [-0.05, 0) is 22.9 Å². The summed E-state index contributed by atoms with van der Waals surface area (Å²) in [7, 11) is 3.49. The fraction of sp³-hybridized carbons (Fsp3) is 0.190. The Hall–Kier alpha value is -4.01. The molecule has 0 saturated heterocycles. The Labute approximate surface area is 173 Å². The molecule has 1 amide bonds. The molecule has 0 aliphatic heterocycles. The predicted molar refractivity (Wildman–Crippen MR) is 109 cm³/mol. The van der Waals surface area contributed by atoms with Gasteiger partial charge in [-0.3, -0.25) is 4.79 Å². The van der Waals surface area contributed by atoms with Crippen molar-refractivity contribution in [3.05, 3.63) is 78.4 Å². The summed E-state index contributed by atoms with van der Waals surface area (Å²) < 4.78 is 7.19. The number of ether oxygens (including phenoxy) is 1. The van der Waals surface area contributed by atoms with Gasteiger partial charge in [-0.25, -0.2) is 4.98 Å². The van der Waals surface area contributed by atoms with Crippen molar-refractivity contribution in [1.82, 2.24) is 35.1 Å². The number of nitrogens with one attached hydrogen (secondary N) is 1. The van der Waals surface area contributed by atoms with Crippen LogP contribution in [0.15, 0.2) is 67.0 Å². The van der Waals surface area contributed by atoms with E-state index in [0.29, 0.717) is 17.4 Å². The van der Waals surface area contributed by atoms with E-state index in [1.54, 1.807) is 13.3 Å². The Balaban J connectivity index is 1.54. The minimum absolute atomic E-state index is 0.0648. The summed E-state index contributed by atoms with van der Waals surface area (Å²) >= 11 is 0. The number of imidazole rings is 1. The molecule has 2 heterocycles. The third kappa shape index (κ3) is 4.19. The van der Waals surface area contributed by atoms with E-state index in [1.807, 2.05) is 72.4 Å². The number of carbonyl (C=O) groups excluding carboxylic acids is 1. The van der Waals surface area contributed by atoms with Gasteiger partial charge in [-0.1, -0.05) is 42.5 Å². The maximum Gasteiger partial charge on any atom is 0.244 e. The van der Waals surface area contributed by atoms with E-state index in [2.05, 4.69) is 25.7 Å². The number of carbonyl (C=O) groups is 1. The molecule has 4 aromatic rings. The van der Waals surface area contributed by atoms with Crippen LogP contribution in [0, 0.1) is 0 Å². The number of rotatable bonds is 7. The second kappa shape index (κ2) is 8.56. The van der Waals surface area contributed by atoms with Gasteiger partial charge >= 0.3 is 0 Å². The molecule has 30 heavy (non-hydrogen) atoms. The standard InChI is InChI=1S/C21H21N7O2/c1-27-12-11-22-21(27)19(16-9-6-10-17(13-16)30-2)23-18(29)14-28-25-20(24-26-28)15-7-4-3-5-8-15/h3-13,19H,14H2,1-2H3,(H,23,29). The van der Waals surface area contributed by atoms with E-state index in [9.17, 15) is 4.79 Å². The Kier molecular flexibility index (Phi) is 5.51. The van der Waals surface area contributed by atoms with Gasteiger partial charge in [0, 0.05) is 25.0 Å². The van der Waals surface area contributed by atoms with Crippen LogP contribution in [0.25, 0.3) is 11.4 Å². The molecule has 0 aliphatic carbocycles. The molecule has 0 saturated carbocycles.